The van der Waals surface area contributed by atoms with Crippen molar-refractivity contribution in [1.29, 1.82) is 0 Å². The summed E-state index contributed by atoms with van der Waals surface area (Å²) in [5.41, 5.74) is 0.752. The van der Waals surface area contributed by atoms with Gasteiger partial charge in [-0.2, -0.15) is 0 Å². The summed E-state index contributed by atoms with van der Waals surface area (Å²) in [6, 6.07) is 6.24. The Morgan fingerprint density at radius 2 is 2.28 bits per heavy atom. The average Bonchev–Trinajstić information content (AvgIpc) is 2.87. The lowest BCUT2D eigenvalue weighted by Gasteiger charge is -2.05. The maximum Gasteiger partial charge on any atom is 0.278 e. The van der Waals surface area contributed by atoms with Crippen LogP contribution in [-0.4, -0.2) is 29.7 Å². The smallest absolute Gasteiger partial charge is 0.278 e. The van der Waals surface area contributed by atoms with Gasteiger partial charge in [0.25, 0.3) is 11.6 Å². The Morgan fingerprint density at radius 3 is 2.94 bits per heavy atom. The number of nitrogens with zero attached hydrogens (tertiary/aromatic N) is 2. The number of oxime groups is 1. The second-order valence-corrected chi connectivity index (χ2v) is 3.72. The van der Waals surface area contributed by atoms with Gasteiger partial charge >= 0.3 is 0 Å². The minimum atomic E-state index is -0.718. The molecule has 0 bridgehead atoms. The Balaban J connectivity index is 2.25. The molecule has 1 unspecified atom stereocenters. The lowest BCUT2D eigenvalue weighted by atomic mass is 10.0. The van der Waals surface area contributed by atoms with Crippen LogP contribution >= 0.6 is 0 Å². The van der Waals surface area contributed by atoms with Crippen LogP contribution in [0.5, 0.6) is 0 Å². The summed E-state index contributed by atoms with van der Waals surface area (Å²) in [7, 11) is 1.49. The highest BCUT2D eigenvalue weighted by atomic mass is 16.6. The largest absolute Gasteiger partial charge is 0.382 e. The molecule has 94 valence electrons. The second-order valence-electron chi connectivity index (χ2n) is 3.72. The predicted octanol–water partition coefficient (Wildman–Crippen LogP) is 0.834. The number of hydrogen-bond acceptors (Lipinski definition) is 5. The molecule has 1 N–H and O–H groups in total. The van der Waals surface area contributed by atoms with Crippen LogP contribution in [0.25, 0.3) is 0 Å². The molecular formula is C11H11N3O4. The van der Waals surface area contributed by atoms with E-state index < -0.39 is 11.0 Å². The maximum atomic E-state index is 11.4. The summed E-state index contributed by atoms with van der Waals surface area (Å²) in [5, 5.41) is 17.1. The van der Waals surface area contributed by atoms with E-state index in [4.69, 9.17) is 4.84 Å². The van der Waals surface area contributed by atoms with Gasteiger partial charge in [0, 0.05) is 19.5 Å². The number of amides is 1. The van der Waals surface area contributed by atoms with E-state index in [1.54, 1.807) is 18.2 Å². The number of carbonyl (C=O) groups is 1. The lowest BCUT2D eigenvalue weighted by molar-refractivity contribution is -0.385. The Hall–Kier alpha value is -2.44. The predicted molar refractivity (Wildman–Crippen MR) is 63.2 cm³/mol. The molecular weight excluding hydrogens is 238 g/mol. The number of rotatable bonds is 3. The van der Waals surface area contributed by atoms with E-state index in [0.29, 0.717) is 11.3 Å². The zero-order chi connectivity index (χ0) is 13.1. The fraction of sp³-hybridized carbons (Fsp3) is 0.273. The number of para-hydroxylation sites is 1. The molecule has 7 heteroatoms. The van der Waals surface area contributed by atoms with Gasteiger partial charge in [0.1, 0.15) is 0 Å². The van der Waals surface area contributed by atoms with Crippen LogP contribution in [0, 0.1) is 10.1 Å². The molecule has 1 aliphatic heterocycles. The Kier molecular flexibility index (Phi) is 3.22. The van der Waals surface area contributed by atoms with Crippen molar-refractivity contribution in [2.75, 3.05) is 7.05 Å². The molecule has 18 heavy (non-hydrogen) atoms. The molecule has 1 atom stereocenters. The van der Waals surface area contributed by atoms with Gasteiger partial charge in [-0.1, -0.05) is 17.3 Å². The molecule has 1 amide bonds. The molecule has 2 rings (SSSR count). The highest BCUT2D eigenvalue weighted by molar-refractivity contribution is 6.06. The first-order chi connectivity index (χ1) is 8.63. The summed E-state index contributed by atoms with van der Waals surface area (Å²) in [6.07, 6.45) is -0.491. The summed E-state index contributed by atoms with van der Waals surface area (Å²) in [4.78, 5) is 26.7. The third kappa shape index (κ3) is 2.15. The van der Waals surface area contributed by atoms with Gasteiger partial charge in [-0.25, -0.2) is 0 Å². The minimum Gasteiger partial charge on any atom is -0.382 e. The van der Waals surface area contributed by atoms with Crippen LogP contribution in [0.1, 0.15) is 12.0 Å². The third-order valence-electron chi connectivity index (χ3n) is 2.62. The van der Waals surface area contributed by atoms with Gasteiger partial charge in [0.05, 0.1) is 16.2 Å². The highest BCUT2D eigenvalue weighted by Gasteiger charge is 2.30. The number of carbonyl (C=O) groups excluding carboxylic acids is 1. The standard InChI is InChI=1S/C11H11N3O4/c1-12-11(15)10-6-8(13-18-10)7-4-2-3-5-9(7)14(16)17/h2-5,10H,6H2,1H3,(H,12,15). The van der Waals surface area contributed by atoms with Gasteiger partial charge in [-0.3, -0.25) is 14.9 Å². The number of likely N-dealkylation sites (N-methyl/N-ethyl adjacent to an activating group) is 1. The summed E-state index contributed by atoms with van der Waals surface area (Å²) in [5.74, 6) is -0.299. The summed E-state index contributed by atoms with van der Waals surface area (Å²) in [6.45, 7) is 0. The first-order valence-corrected chi connectivity index (χ1v) is 5.31. The van der Waals surface area contributed by atoms with E-state index in [2.05, 4.69) is 10.5 Å². The Bertz CT molecular complexity index is 527. The normalized spacial score (nSPS) is 17.8. The van der Waals surface area contributed by atoms with Crippen LogP contribution < -0.4 is 5.32 Å². The van der Waals surface area contributed by atoms with E-state index in [9.17, 15) is 14.9 Å². The fourth-order valence-corrected chi connectivity index (χ4v) is 1.71. The first kappa shape index (κ1) is 12.0. The first-order valence-electron chi connectivity index (χ1n) is 5.31. The molecule has 1 aliphatic rings. The van der Waals surface area contributed by atoms with E-state index >= 15 is 0 Å². The quantitative estimate of drug-likeness (QED) is 0.634. The number of nitrogens with one attached hydrogen (secondary N) is 1. The molecule has 1 aromatic carbocycles. The van der Waals surface area contributed by atoms with Crippen LogP contribution in [0.3, 0.4) is 0 Å². The second kappa shape index (κ2) is 4.82. The van der Waals surface area contributed by atoms with Crippen molar-refractivity contribution in [2.45, 2.75) is 12.5 Å². The van der Waals surface area contributed by atoms with Crippen molar-refractivity contribution in [2.24, 2.45) is 5.16 Å². The van der Waals surface area contributed by atoms with Crippen LogP contribution in [-0.2, 0) is 9.63 Å². The minimum absolute atomic E-state index is 0.0441. The van der Waals surface area contributed by atoms with Gasteiger partial charge in [0.15, 0.2) is 0 Å². The van der Waals surface area contributed by atoms with Gasteiger partial charge in [-0.05, 0) is 6.07 Å². The van der Waals surface area contributed by atoms with Crippen LogP contribution in [0.4, 0.5) is 5.69 Å². The maximum absolute atomic E-state index is 11.4. The van der Waals surface area contributed by atoms with Crippen LogP contribution in [0.2, 0.25) is 0 Å². The molecule has 0 aliphatic carbocycles. The SMILES string of the molecule is CNC(=O)C1CC(c2ccccc2[N+](=O)[O-])=NO1. The van der Waals surface area contributed by atoms with Crippen molar-refractivity contribution in [3.8, 4) is 0 Å². The van der Waals surface area contributed by atoms with Crippen molar-refractivity contribution in [3.63, 3.8) is 0 Å². The zero-order valence-electron chi connectivity index (χ0n) is 9.62. The molecule has 1 aromatic rings. The molecule has 0 fully saturated rings. The fourth-order valence-electron chi connectivity index (χ4n) is 1.71. The van der Waals surface area contributed by atoms with Gasteiger partial charge in [0.2, 0.25) is 6.10 Å². The molecule has 0 radical (unpaired) electrons. The topological polar surface area (TPSA) is 93.8 Å². The van der Waals surface area contributed by atoms with Crippen LogP contribution in [0.15, 0.2) is 29.4 Å². The third-order valence-corrected chi connectivity index (χ3v) is 2.62. The monoisotopic (exact) mass is 249 g/mol. The molecule has 1 heterocycles. The van der Waals surface area contributed by atoms with Crippen molar-refractivity contribution >= 4 is 17.3 Å². The van der Waals surface area contributed by atoms with E-state index in [-0.39, 0.29) is 18.0 Å². The van der Waals surface area contributed by atoms with E-state index in [1.165, 1.54) is 13.1 Å². The van der Waals surface area contributed by atoms with Crippen molar-refractivity contribution < 1.29 is 14.6 Å². The number of hydrogen-bond donors (Lipinski definition) is 1. The Morgan fingerprint density at radius 1 is 1.56 bits per heavy atom. The molecule has 0 saturated heterocycles. The number of benzene rings is 1. The van der Waals surface area contributed by atoms with E-state index in [0.717, 1.165) is 0 Å². The molecule has 0 spiro atoms. The van der Waals surface area contributed by atoms with E-state index in [1.807, 2.05) is 0 Å². The van der Waals surface area contributed by atoms with Crippen molar-refractivity contribution in [1.82, 2.24) is 5.32 Å². The highest BCUT2D eigenvalue weighted by Crippen LogP contribution is 2.24. The Labute approximate surface area is 103 Å². The molecule has 7 nitrogen and oxygen atoms in total. The summed E-state index contributed by atoms with van der Waals surface area (Å²) < 4.78 is 0. The zero-order valence-corrected chi connectivity index (χ0v) is 9.62. The lowest BCUT2D eigenvalue weighted by Crippen LogP contribution is -2.31. The number of nitro groups is 1. The molecule has 0 saturated carbocycles. The van der Waals surface area contributed by atoms with Crippen molar-refractivity contribution in [3.05, 3.63) is 39.9 Å². The average molecular weight is 249 g/mol. The van der Waals surface area contributed by atoms with Gasteiger partial charge < -0.3 is 10.2 Å². The van der Waals surface area contributed by atoms with Gasteiger partial charge in [-0.15, -0.1) is 0 Å². The molecule has 0 aromatic heterocycles. The summed E-state index contributed by atoms with van der Waals surface area (Å²) >= 11 is 0. The number of nitro benzene ring substituents is 1.